The fraction of sp³-hybridized carbons (Fsp3) is 0.559. The molecular formula is C34H45BFN3O4. The van der Waals surface area contributed by atoms with Crippen LogP contribution in [0.4, 0.5) is 4.39 Å². The number of allylic oxidation sites excluding steroid dienone is 1. The molecule has 0 N–H and O–H groups in total. The minimum absolute atomic E-state index is 0.0122. The summed E-state index contributed by atoms with van der Waals surface area (Å²) in [6, 6.07) is 14.9. The topological polar surface area (TPSA) is 58.0 Å². The number of hydrogen-bond donors (Lipinski definition) is 0. The number of aromatic nitrogens is 2. The zero-order valence-corrected chi connectivity index (χ0v) is 26.3. The Labute approximate surface area is 255 Å². The molecule has 4 heterocycles. The van der Waals surface area contributed by atoms with Gasteiger partial charge in [0.25, 0.3) is 0 Å². The molecule has 2 aromatic carbocycles. The van der Waals surface area contributed by atoms with Crippen molar-refractivity contribution in [2.24, 2.45) is 5.92 Å². The predicted octanol–water partition coefficient (Wildman–Crippen LogP) is 6.86. The lowest BCUT2D eigenvalue weighted by molar-refractivity contribution is -0.0366. The molecule has 3 aliphatic rings. The van der Waals surface area contributed by atoms with E-state index < -0.39 is 18.3 Å². The molecule has 0 bridgehead atoms. The van der Waals surface area contributed by atoms with Crippen molar-refractivity contribution >= 4 is 23.6 Å². The Morgan fingerprint density at radius 2 is 1.74 bits per heavy atom. The molecule has 0 radical (unpaired) electrons. The second kappa shape index (κ2) is 12.3. The molecule has 43 heavy (non-hydrogen) atoms. The third kappa shape index (κ3) is 6.14. The van der Waals surface area contributed by atoms with Gasteiger partial charge < -0.3 is 18.8 Å². The highest BCUT2D eigenvalue weighted by atomic mass is 19.1. The van der Waals surface area contributed by atoms with Gasteiger partial charge >= 0.3 is 7.12 Å². The number of hydrogen-bond acceptors (Lipinski definition) is 6. The van der Waals surface area contributed by atoms with Gasteiger partial charge in [-0.1, -0.05) is 25.1 Å². The first-order valence-electron chi connectivity index (χ1n) is 15.9. The molecular weight excluding hydrogens is 544 g/mol. The molecule has 9 heteroatoms. The molecule has 3 saturated heterocycles. The van der Waals surface area contributed by atoms with Crippen LogP contribution in [0.5, 0.6) is 5.75 Å². The van der Waals surface area contributed by atoms with E-state index in [1.165, 1.54) is 0 Å². The highest BCUT2D eigenvalue weighted by molar-refractivity contribution is 6.56. The molecule has 0 spiro atoms. The SMILES string of the molecule is CC/C(B1OC(C)(C)C(C)(C)O1)=C(/c1ccc(OCCN2CC(CF)C2)cc1)c1ccc2c(cnn2C2CCCCO2)c1. The summed E-state index contributed by atoms with van der Waals surface area (Å²) in [5.41, 5.74) is 4.59. The smallest absolute Gasteiger partial charge is 0.491 e. The number of likely N-dealkylation sites (tertiary alicyclic amines) is 1. The van der Waals surface area contributed by atoms with Gasteiger partial charge in [0.1, 0.15) is 12.4 Å². The number of nitrogens with zero attached hydrogens (tertiary/aromatic N) is 3. The van der Waals surface area contributed by atoms with E-state index in [2.05, 4.69) is 69.9 Å². The molecule has 3 aliphatic heterocycles. The van der Waals surface area contributed by atoms with Gasteiger partial charge in [-0.15, -0.1) is 0 Å². The predicted molar refractivity (Wildman–Crippen MR) is 169 cm³/mol. The van der Waals surface area contributed by atoms with Gasteiger partial charge in [-0.3, -0.25) is 9.29 Å². The van der Waals surface area contributed by atoms with Gasteiger partial charge in [0.05, 0.1) is 29.6 Å². The van der Waals surface area contributed by atoms with Gasteiger partial charge in [0, 0.05) is 37.5 Å². The molecule has 0 amide bonds. The summed E-state index contributed by atoms with van der Waals surface area (Å²) in [4.78, 5) is 2.23. The maximum atomic E-state index is 12.8. The first-order chi connectivity index (χ1) is 20.7. The van der Waals surface area contributed by atoms with Crippen LogP contribution in [0, 0.1) is 5.92 Å². The van der Waals surface area contributed by atoms with Crippen LogP contribution in [-0.4, -0.2) is 72.5 Å². The van der Waals surface area contributed by atoms with E-state index in [9.17, 15) is 4.39 Å². The number of alkyl halides is 1. The monoisotopic (exact) mass is 589 g/mol. The Hall–Kier alpha value is -2.72. The zero-order valence-electron chi connectivity index (χ0n) is 26.3. The molecule has 3 aromatic rings. The Morgan fingerprint density at radius 3 is 2.40 bits per heavy atom. The minimum Gasteiger partial charge on any atom is -0.492 e. The summed E-state index contributed by atoms with van der Waals surface area (Å²) in [5.74, 6) is 1.01. The van der Waals surface area contributed by atoms with Gasteiger partial charge in [0.15, 0.2) is 6.23 Å². The number of fused-ring (bicyclic) bond motifs is 1. The van der Waals surface area contributed by atoms with Crippen LogP contribution in [0.15, 0.2) is 54.1 Å². The van der Waals surface area contributed by atoms with E-state index in [1.54, 1.807) is 0 Å². The van der Waals surface area contributed by atoms with Gasteiger partial charge in [-0.25, -0.2) is 4.68 Å². The van der Waals surface area contributed by atoms with E-state index in [0.29, 0.717) is 6.61 Å². The van der Waals surface area contributed by atoms with Crippen molar-refractivity contribution in [2.45, 2.75) is 77.7 Å². The van der Waals surface area contributed by atoms with Crippen LogP contribution in [0.2, 0.25) is 0 Å². The fourth-order valence-electron chi connectivity index (χ4n) is 6.31. The van der Waals surface area contributed by atoms with Crippen molar-refractivity contribution in [1.82, 2.24) is 14.7 Å². The third-order valence-corrected chi connectivity index (χ3v) is 9.62. The molecule has 6 rings (SSSR count). The molecule has 3 fully saturated rings. The highest BCUT2D eigenvalue weighted by Gasteiger charge is 2.52. The first-order valence-corrected chi connectivity index (χ1v) is 15.9. The summed E-state index contributed by atoms with van der Waals surface area (Å²) in [5, 5.41) is 5.81. The van der Waals surface area contributed by atoms with Crippen LogP contribution < -0.4 is 4.74 Å². The summed E-state index contributed by atoms with van der Waals surface area (Å²) in [6.45, 7) is 14.1. The number of halogens is 1. The zero-order chi connectivity index (χ0) is 30.2. The Morgan fingerprint density at radius 1 is 1.02 bits per heavy atom. The maximum absolute atomic E-state index is 12.8. The van der Waals surface area contributed by atoms with Crippen LogP contribution in [0.3, 0.4) is 0 Å². The van der Waals surface area contributed by atoms with Crippen molar-refractivity contribution in [3.8, 4) is 5.75 Å². The lowest BCUT2D eigenvalue weighted by Gasteiger charge is -2.37. The third-order valence-electron chi connectivity index (χ3n) is 9.62. The highest BCUT2D eigenvalue weighted by Crippen LogP contribution is 2.42. The molecule has 0 aliphatic carbocycles. The summed E-state index contributed by atoms with van der Waals surface area (Å²) in [6.07, 6.45) is 5.95. The standard InChI is InChI=1S/C34H45BFN3O4/c1-6-29(35-42-33(2,3)34(4,5)43-35)32(25-10-13-28(14-11-25)40-18-16-38-22-24(20-36)23-38)26-12-15-30-27(19-26)21-37-39(30)31-9-7-8-17-41-31/h10-15,19,21,24,31H,6-9,16-18,20,22-23H2,1-5H3/b32-29+. The van der Waals surface area contributed by atoms with Crippen molar-refractivity contribution in [2.75, 3.05) is 39.5 Å². The summed E-state index contributed by atoms with van der Waals surface area (Å²) >= 11 is 0. The molecule has 1 unspecified atom stereocenters. The first kappa shape index (κ1) is 30.3. The van der Waals surface area contributed by atoms with E-state index in [1.807, 2.05) is 23.0 Å². The van der Waals surface area contributed by atoms with Gasteiger partial charge in [-0.2, -0.15) is 5.10 Å². The van der Waals surface area contributed by atoms with Crippen molar-refractivity contribution in [1.29, 1.82) is 0 Å². The number of rotatable bonds is 10. The van der Waals surface area contributed by atoms with Gasteiger partial charge in [-0.05, 0) is 99.8 Å². The maximum Gasteiger partial charge on any atom is 0.491 e. The van der Waals surface area contributed by atoms with Crippen molar-refractivity contribution in [3.05, 3.63) is 65.3 Å². The molecule has 7 nitrogen and oxygen atoms in total. The lowest BCUT2D eigenvalue weighted by Crippen LogP contribution is -2.49. The number of ether oxygens (including phenoxy) is 2. The van der Waals surface area contributed by atoms with Crippen LogP contribution in [0.1, 0.15) is 77.7 Å². The van der Waals surface area contributed by atoms with Crippen LogP contribution >= 0.6 is 0 Å². The van der Waals surface area contributed by atoms with E-state index in [4.69, 9.17) is 23.9 Å². The fourth-order valence-corrected chi connectivity index (χ4v) is 6.31. The quantitative estimate of drug-likeness (QED) is 0.241. The van der Waals surface area contributed by atoms with Gasteiger partial charge in [0.2, 0.25) is 0 Å². The summed E-state index contributed by atoms with van der Waals surface area (Å²) < 4.78 is 40.0. The average molecular weight is 590 g/mol. The van der Waals surface area contributed by atoms with Crippen molar-refractivity contribution in [3.63, 3.8) is 0 Å². The average Bonchev–Trinajstić information content (AvgIpc) is 3.49. The molecule has 230 valence electrons. The van der Waals surface area contributed by atoms with E-state index in [-0.39, 0.29) is 18.8 Å². The van der Waals surface area contributed by atoms with Crippen molar-refractivity contribution < 1.29 is 23.2 Å². The van der Waals surface area contributed by atoms with Crippen LogP contribution in [-0.2, 0) is 14.0 Å². The lowest BCUT2D eigenvalue weighted by atomic mass is 9.70. The Balaban J connectivity index is 1.31. The van der Waals surface area contributed by atoms with E-state index >= 15 is 0 Å². The largest absolute Gasteiger partial charge is 0.492 e. The molecule has 1 aromatic heterocycles. The number of benzene rings is 2. The van der Waals surface area contributed by atoms with Crippen LogP contribution in [0.25, 0.3) is 16.5 Å². The Bertz CT molecular complexity index is 1430. The minimum atomic E-state index is -0.459. The second-order valence-electron chi connectivity index (χ2n) is 13.2. The van der Waals surface area contributed by atoms with E-state index in [0.717, 1.165) is 90.7 Å². The molecule has 0 saturated carbocycles. The second-order valence-corrected chi connectivity index (χ2v) is 13.2. The normalized spacial score (nSPS) is 22.9. The Kier molecular flexibility index (Phi) is 8.71. The summed E-state index contributed by atoms with van der Waals surface area (Å²) in [7, 11) is -0.459. The molecule has 1 atom stereocenters.